The molecule has 2 N–H and O–H groups in total. The molecule has 1 aromatic rings. The summed E-state index contributed by atoms with van der Waals surface area (Å²) in [4.78, 5) is 0. The van der Waals surface area contributed by atoms with Crippen molar-refractivity contribution in [3.05, 3.63) is 24.2 Å². The molecule has 0 bridgehead atoms. The summed E-state index contributed by atoms with van der Waals surface area (Å²) >= 11 is 2.03. The maximum absolute atomic E-state index is 5.96. The number of hydrogen-bond donors (Lipinski definition) is 1. The fraction of sp³-hybridized carbons (Fsp3) is 0.750. The number of furan rings is 1. The third kappa shape index (κ3) is 4.03. The normalized spacial score (nSPS) is 28.5. The Morgan fingerprint density at radius 1 is 1.37 bits per heavy atom. The maximum Gasteiger partial charge on any atom is 0.113 e. The van der Waals surface area contributed by atoms with Crippen molar-refractivity contribution >= 4 is 11.8 Å². The average molecular weight is 281 g/mol. The first-order valence-electron chi connectivity index (χ1n) is 7.34. The largest absolute Gasteiger partial charge is 0.468 e. The summed E-state index contributed by atoms with van der Waals surface area (Å²) in [6.45, 7) is 7.94. The molecule has 2 rings (SSSR count). The van der Waals surface area contributed by atoms with E-state index in [0.717, 1.165) is 24.0 Å². The molecule has 3 heteroatoms. The van der Waals surface area contributed by atoms with Crippen LogP contribution in [-0.4, -0.2) is 11.8 Å². The second kappa shape index (κ2) is 6.36. The van der Waals surface area contributed by atoms with E-state index in [4.69, 9.17) is 10.2 Å². The highest BCUT2D eigenvalue weighted by molar-refractivity contribution is 7.99. The van der Waals surface area contributed by atoms with Gasteiger partial charge in [-0.05, 0) is 55.2 Å². The van der Waals surface area contributed by atoms with Gasteiger partial charge in [0.05, 0.1) is 12.0 Å². The molecule has 3 atom stereocenters. The zero-order valence-corrected chi connectivity index (χ0v) is 13.2. The van der Waals surface area contributed by atoms with Crippen LogP contribution in [0, 0.1) is 17.3 Å². The van der Waals surface area contributed by atoms with Crippen LogP contribution in [0.25, 0.3) is 0 Å². The van der Waals surface area contributed by atoms with Crippen molar-refractivity contribution in [1.29, 1.82) is 0 Å². The molecular formula is C16H27NOS. The summed E-state index contributed by atoms with van der Waals surface area (Å²) in [6.07, 6.45) is 5.68. The zero-order valence-electron chi connectivity index (χ0n) is 12.4. The van der Waals surface area contributed by atoms with Gasteiger partial charge in [0.1, 0.15) is 5.76 Å². The van der Waals surface area contributed by atoms with Crippen LogP contribution in [0.15, 0.2) is 22.8 Å². The Labute approximate surface area is 121 Å². The van der Waals surface area contributed by atoms with Gasteiger partial charge in [0.25, 0.3) is 0 Å². The summed E-state index contributed by atoms with van der Waals surface area (Å²) in [7, 11) is 0. The van der Waals surface area contributed by atoms with Gasteiger partial charge in [-0.1, -0.05) is 20.8 Å². The first-order valence-corrected chi connectivity index (χ1v) is 8.39. The molecule has 0 spiro atoms. The van der Waals surface area contributed by atoms with Crippen LogP contribution in [-0.2, 0) is 5.75 Å². The Morgan fingerprint density at radius 2 is 2.16 bits per heavy atom. The molecule has 3 unspecified atom stereocenters. The van der Waals surface area contributed by atoms with Gasteiger partial charge in [-0.15, -0.1) is 0 Å². The molecular weight excluding hydrogens is 254 g/mol. The van der Waals surface area contributed by atoms with E-state index in [0.29, 0.717) is 16.6 Å². The van der Waals surface area contributed by atoms with E-state index in [1.54, 1.807) is 6.26 Å². The third-order valence-electron chi connectivity index (χ3n) is 4.48. The first-order chi connectivity index (χ1) is 9.00. The lowest BCUT2D eigenvalue weighted by atomic mass is 9.69. The Hall–Kier alpha value is -0.410. The van der Waals surface area contributed by atoms with Crippen molar-refractivity contribution in [3.63, 3.8) is 0 Å². The lowest BCUT2D eigenvalue weighted by Gasteiger charge is -2.41. The van der Waals surface area contributed by atoms with Gasteiger partial charge in [-0.3, -0.25) is 0 Å². The van der Waals surface area contributed by atoms with Gasteiger partial charge >= 0.3 is 0 Å². The number of thioether (sulfide) groups is 1. The van der Waals surface area contributed by atoms with E-state index < -0.39 is 0 Å². The Balaban J connectivity index is 1.94. The van der Waals surface area contributed by atoms with Gasteiger partial charge in [0, 0.05) is 5.25 Å². The average Bonchev–Trinajstić information content (AvgIpc) is 2.88. The van der Waals surface area contributed by atoms with Crippen LogP contribution in [0.5, 0.6) is 0 Å². The monoisotopic (exact) mass is 281 g/mol. The number of hydrogen-bond acceptors (Lipinski definition) is 3. The molecule has 1 aliphatic carbocycles. The Morgan fingerprint density at radius 3 is 2.74 bits per heavy atom. The molecule has 0 aromatic carbocycles. The van der Waals surface area contributed by atoms with Gasteiger partial charge in [0.15, 0.2) is 0 Å². The van der Waals surface area contributed by atoms with Crippen molar-refractivity contribution in [2.24, 2.45) is 23.0 Å². The smallest absolute Gasteiger partial charge is 0.113 e. The molecule has 1 fully saturated rings. The topological polar surface area (TPSA) is 39.2 Å². The minimum atomic E-state index is 0.420. The van der Waals surface area contributed by atoms with Gasteiger partial charge in [0.2, 0.25) is 0 Å². The van der Waals surface area contributed by atoms with Crippen molar-refractivity contribution in [3.8, 4) is 0 Å². The van der Waals surface area contributed by atoms with E-state index in [1.807, 2.05) is 17.8 Å². The van der Waals surface area contributed by atoms with Crippen LogP contribution in [0.3, 0.4) is 0 Å². The summed E-state index contributed by atoms with van der Waals surface area (Å²) in [5.74, 6) is 3.56. The molecule has 0 amide bonds. The van der Waals surface area contributed by atoms with Crippen molar-refractivity contribution in [1.82, 2.24) is 0 Å². The predicted octanol–water partition coefficient (Wildman–Crippen LogP) is 4.30. The van der Waals surface area contributed by atoms with Gasteiger partial charge in [-0.2, -0.15) is 11.8 Å². The van der Waals surface area contributed by atoms with E-state index in [-0.39, 0.29) is 0 Å². The summed E-state index contributed by atoms with van der Waals surface area (Å²) < 4.78 is 5.44. The minimum Gasteiger partial charge on any atom is -0.468 e. The number of nitrogens with two attached hydrogens (primary N) is 1. The standard InChI is InChI=1S/C16H27NOS/c1-16(2,3)13-7-6-12(10-17)15(9-13)19-11-14-5-4-8-18-14/h4-5,8,12-13,15H,6-7,9-11,17H2,1-3H3. The molecule has 0 saturated heterocycles. The second-order valence-corrected chi connectivity index (χ2v) is 8.03. The lowest BCUT2D eigenvalue weighted by molar-refractivity contribution is 0.157. The molecule has 108 valence electrons. The fourth-order valence-corrected chi connectivity index (χ4v) is 4.47. The van der Waals surface area contributed by atoms with Crippen LogP contribution in [0.4, 0.5) is 0 Å². The summed E-state index contributed by atoms with van der Waals surface area (Å²) in [5.41, 5.74) is 6.38. The highest BCUT2D eigenvalue weighted by atomic mass is 32.2. The molecule has 1 aromatic heterocycles. The molecule has 19 heavy (non-hydrogen) atoms. The Bertz CT molecular complexity index is 369. The lowest BCUT2D eigenvalue weighted by Crippen LogP contribution is -2.36. The van der Waals surface area contributed by atoms with Crippen molar-refractivity contribution in [2.75, 3.05) is 6.54 Å². The van der Waals surface area contributed by atoms with E-state index in [9.17, 15) is 0 Å². The highest BCUT2D eigenvalue weighted by Crippen LogP contribution is 2.44. The second-order valence-electron chi connectivity index (χ2n) is 6.80. The van der Waals surface area contributed by atoms with Gasteiger partial charge < -0.3 is 10.2 Å². The van der Waals surface area contributed by atoms with Crippen LogP contribution < -0.4 is 5.73 Å². The van der Waals surface area contributed by atoms with Crippen LogP contribution >= 0.6 is 11.8 Å². The number of rotatable bonds is 4. The zero-order chi connectivity index (χ0) is 13.9. The molecule has 2 nitrogen and oxygen atoms in total. The van der Waals surface area contributed by atoms with Crippen LogP contribution in [0.2, 0.25) is 0 Å². The van der Waals surface area contributed by atoms with E-state index in [2.05, 4.69) is 26.8 Å². The molecule has 1 saturated carbocycles. The summed E-state index contributed by atoms with van der Waals surface area (Å²) in [5, 5.41) is 0.688. The summed E-state index contributed by atoms with van der Waals surface area (Å²) in [6, 6.07) is 4.03. The molecule has 1 heterocycles. The van der Waals surface area contributed by atoms with Crippen LogP contribution in [0.1, 0.15) is 45.8 Å². The first kappa shape index (κ1) is 15.0. The van der Waals surface area contributed by atoms with Gasteiger partial charge in [-0.25, -0.2) is 0 Å². The SMILES string of the molecule is CC(C)(C)C1CCC(CN)C(SCc2ccco2)C1. The van der Waals surface area contributed by atoms with Crippen molar-refractivity contribution < 1.29 is 4.42 Å². The predicted molar refractivity (Wildman–Crippen MR) is 83.1 cm³/mol. The van der Waals surface area contributed by atoms with Crippen molar-refractivity contribution in [2.45, 2.75) is 51.0 Å². The van der Waals surface area contributed by atoms with E-state index >= 15 is 0 Å². The Kier molecular flexibility index (Phi) is 5.02. The fourth-order valence-electron chi connectivity index (χ4n) is 3.04. The third-order valence-corrected chi connectivity index (χ3v) is 5.93. The molecule has 0 radical (unpaired) electrons. The molecule has 1 aliphatic rings. The minimum absolute atomic E-state index is 0.420. The quantitative estimate of drug-likeness (QED) is 0.894. The maximum atomic E-state index is 5.96. The highest BCUT2D eigenvalue weighted by Gasteiger charge is 2.35. The van der Waals surface area contributed by atoms with E-state index in [1.165, 1.54) is 19.3 Å². The molecule has 0 aliphatic heterocycles.